The number of nitrogens with one attached hydrogen (secondary N) is 1. The number of halogens is 1. The van der Waals surface area contributed by atoms with E-state index in [1.54, 1.807) is 0 Å². The number of benzene rings is 1. The lowest BCUT2D eigenvalue weighted by molar-refractivity contribution is 0.153. The lowest BCUT2D eigenvalue weighted by atomic mass is 10.0. The van der Waals surface area contributed by atoms with E-state index in [1.165, 1.54) is 11.1 Å². The second-order valence-corrected chi connectivity index (χ2v) is 5.55. The molecule has 0 radical (unpaired) electrons. The van der Waals surface area contributed by atoms with Gasteiger partial charge in [0.1, 0.15) is 5.75 Å². The van der Waals surface area contributed by atoms with Crippen LogP contribution in [0.3, 0.4) is 0 Å². The highest BCUT2D eigenvalue weighted by molar-refractivity contribution is 5.85. The van der Waals surface area contributed by atoms with Crippen molar-refractivity contribution in [3.63, 3.8) is 0 Å². The summed E-state index contributed by atoms with van der Waals surface area (Å²) in [4.78, 5) is 6.65. The Bertz CT molecular complexity index is 594. The average molecular weight is 334 g/mol. The molecular weight excluding hydrogens is 310 g/mol. The van der Waals surface area contributed by atoms with Gasteiger partial charge in [0, 0.05) is 44.6 Å². The smallest absolute Gasteiger partial charge is 0.119 e. The molecule has 0 amide bonds. The molecular formula is C18H24ClN3O. The Morgan fingerprint density at radius 2 is 2.09 bits per heavy atom. The number of aromatic nitrogens is 1. The number of hydrogen-bond acceptors (Lipinski definition) is 4. The Kier molecular flexibility index (Phi) is 6.84. The molecule has 2 heterocycles. The number of nitrogens with zero attached hydrogens (tertiary/aromatic N) is 2. The van der Waals surface area contributed by atoms with Crippen LogP contribution in [0.5, 0.6) is 5.75 Å². The van der Waals surface area contributed by atoms with E-state index in [4.69, 9.17) is 4.74 Å². The lowest BCUT2D eigenvalue weighted by Crippen LogP contribution is -2.45. The molecule has 4 nitrogen and oxygen atoms in total. The minimum absolute atomic E-state index is 0. The van der Waals surface area contributed by atoms with Crippen molar-refractivity contribution in [3.8, 4) is 5.75 Å². The molecule has 1 aromatic heterocycles. The predicted molar refractivity (Wildman–Crippen MR) is 95.1 cm³/mol. The highest BCUT2D eigenvalue weighted by atomic mass is 35.5. The van der Waals surface area contributed by atoms with Crippen LogP contribution in [0.2, 0.25) is 0 Å². The van der Waals surface area contributed by atoms with E-state index in [0.717, 1.165) is 31.9 Å². The first kappa shape index (κ1) is 17.7. The van der Waals surface area contributed by atoms with Crippen molar-refractivity contribution in [1.29, 1.82) is 0 Å². The summed E-state index contributed by atoms with van der Waals surface area (Å²) in [7, 11) is 0. The van der Waals surface area contributed by atoms with E-state index in [9.17, 15) is 0 Å². The lowest BCUT2D eigenvalue weighted by Gasteiger charge is -2.36. The molecule has 1 aliphatic heterocycles. The highest BCUT2D eigenvalue weighted by Gasteiger charge is 2.23. The van der Waals surface area contributed by atoms with Crippen molar-refractivity contribution in [2.75, 3.05) is 26.2 Å². The fourth-order valence-electron chi connectivity index (χ4n) is 2.98. The van der Waals surface area contributed by atoms with Gasteiger partial charge in [-0.05, 0) is 42.3 Å². The van der Waals surface area contributed by atoms with Gasteiger partial charge >= 0.3 is 0 Å². The SMILES string of the molecule is CCOc1cccc(CN2CCNCC2c2ccncc2)c1.Cl. The molecule has 1 unspecified atom stereocenters. The maximum atomic E-state index is 5.61. The summed E-state index contributed by atoms with van der Waals surface area (Å²) in [6.07, 6.45) is 3.75. The molecule has 5 heteroatoms. The quantitative estimate of drug-likeness (QED) is 0.912. The topological polar surface area (TPSA) is 37.4 Å². The van der Waals surface area contributed by atoms with Gasteiger partial charge in [-0.3, -0.25) is 9.88 Å². The standard InChI is InChI=1S/C18H23N3O.ClH/c1-2-22-17-5-3-4-15(12-17)14-21-11-10-20-13-18(21)16-6-8-19-9-7-16;/h3-9,12,18,20H,2,10-11,13-14H2,1H3;1H. The van der Waals surface area contributed by atoms with Crippen molar-refractivity contribution in [2.45, 2.75) is 19.5 Å². The molecule has 1 atom stereocenters. The van der Waals surface area contributed by atoms with Gasteiger partial charge in [0.15, 0.2) is 0 Å². The second kappa shape index (κ2) is 8.87. The molecule has 1 saturated heterocycles. The maximum Gasteiger partial charge on any atom is 0.119 e. The van der Waals surface area contributed by atoms with Crippen LogP contribution < -0.4 is 10.1 Å². The van der Waals surface area contributed by atoms with Crippen LogP contribution in [0, 0.1) is 0 Å². The van der Waals surface area contributed by atoms with Crippen LogP contribution >= 0.6 is 12.4 Å². The monoisotopic (exact) mass is 333 g/mol. The molecule has 3 rings (SSSR count). The first-order chi connectivity index (χ1) is 10.9. The summed E-state index contributed by atoms with van der Waals surface area (Å²) in [6, 6.07) is 13.0. The van der Waals surface area contributed by atoms with Crippen molar-refractivity contribution in [2.24, 2.45) is 0 Å². The van der Waals surface area contributed by atoms with Crippen LogP contribution in [0.1, 0.15) is 24.1 Å². The van der Waals surface area contributed by atoms with Gasteiger partial charge in [0.2, 0.25) is 0 Å². The van der Waals surface area contributed by atoms with E-state index in [2.05, 4.69) is 45.5 Å². The second-order valence-electron chi connectivity index (χ2n) is 5.55. The van der Waals surface area contributed by atoms with Crippen LogP contribution in [0.4, 0.5) is 0 Å². The molecule has 1 aromatic carbocycles. The van der Waals surface area contributed by atoms with Crippen LogP contribution in [0.25, 0.3) is 0 Å². The zero-order valence-corrected chi connectivity index (χ0v) is 14.3. The van der Waals surface area contributed by atoms with Gasteiger partial charge in [-0.1, -0.05) is 12.1 Å². The van der Waals surface area contributed by atoms with Gasteiger partial charge in [0.25, 0.3) is 0 Å². The number of piperazine rings is 1. The van der Waals surface area contributed by atoms with Gasteiger partial charge in [0.05, 0.1) is 6.61 Å². The number of rotatable bonds is 5. The van der Waals surface area contributed by atoms with Crippen LogP contribution in [0.15, 0.2) is 48.8 Å². The normalized spacial score (nSPS) is 18.2. The molecule has 2 aromatic rings. The Hall–Kier alpha value is -1.62. The number of ether oxygens (including phenoxy) is 1. The maximum absolute atomic E-state index is 5.61. The summed E-state index contributed by atoms with van der Waals surface area (Å²) in [5, 5.41) is 3.49. The first-order valence-corrected chi connectivity index (χ1v) is 7.93. The summed E-state index contributed by atoms with van der Waals surface area (Å²) >= 11 is 0. The largest absolute Gasteiger partial charge is 0.494 e. The third-order valence-corrected chi connectivity index (χ3v) is 4.04. The summed E-state index contributed by atoms with van der Waals surface area (Å²) in [6.45, 7) is 6.72. The third-order valence-electron chi connectivity index (χ3n) is 4.04. The van der Waals surface area contributed by atoms with Gasteiger partial charge < -0.3 is 10.1 Å². The molecule has 0 aliphatic carbocycles. The average Bonchev–Trinajstić information content (AvgIpc) is 2.57. The molecule has 0 spiro atoms. The zero-order chi connectivity index (χ0) is 15.2. The van der Waals surface area contributed by atoms with E-state index in [0.29, 0.717) is 12.6 Å². The predicted octanol–water partition coefficient (Wildman–Crippen LogP) is 3.05. The minimum atomic E-state index is 0. The van der Waals surface area contributed by atoms with Gasteiger partial charge in [-0.15, -0.1) is 12.4 Å². The highest BCUT2D eigenvalue weighted by Crippen LogP contribution is 2.24. The zero-order valence-electron chi connectivity index (χ0n) is 13.4. The molecule has 0 bridgehead atoms. The van der Waals surface area contributed by atoms with Crippen molar-refractivity contribution in [1.82, 2.24) is 15.2 Å². The Labute approximate surface area is 144 Å². The van der Waals surface area contributed by atoms with E-state index < -0.39 is 0 Å². The van der Waals surface area contributed by atoms with Gasteiger partial charge in [-0.25, -0.2) is 0 Å². The summed E-state index contributed by atoms with van der Waals surface area (Å²) in [5.41, 5.74) is 2.62. The molecule has 1 fully saturated rings. The Balaban J connectivity index is 0.00000192. The van der Waals surface area contributed by atoms with Gasteiger partial charge in [-0.2, -0.15) is 0 Å². The van der Waals surface area contributed by atoms with Crippen molar-refractivity contribution in [3.05, 3.63) is 59.9 Å². The molecule has 1 aliphatic rings. The molecule has 23 heavy (non-hydrogen) atoms. The van der Waals surface area contributed by atoms with Crippen molar-refractivity contribution >= 4 is 12.4 Å². The fourth-order valence-corrected chi connectivity index (χ4v) is 2.98. The van der Waals surface area contributed by atoms with E-state index in [1.807, 2.05) is 25.4 Å². The molecule has 0 saturated carbocycles. The Morgan fingerprint density at radius 3 is 2.87 bits per heavy atom. The van der Waals surface area contributed by atoms with E-state index >= 15 is 0 Å². The van der Waals surface area contributed by atoms with E-state index in [-0.39, 0.29) is 12.4 Å². The molecule has 1 N–H and O–H groups in total. The summed E-state index contributed by atoms with van der Waals surface area (Å²) in [5.74, 6) is 0.954. The van der Waals surface area contributed by atoms with Crippen LogP contribution in [-0.2, 0) is 6.54 Å². The first-order valence-electron chi connectivity index (χ1n) is 7.93. The summed E-state index contributed by atoms with van der Waals surface area (Å²) < 4.78 is 5.61. The third kappa shape index (κ3) is 4.67. The van der Waals surface area contributed by atoms with Crippen molar-refractivity contribution < 1.29 is 4.74 Å². The molecule has 124 valence electrons. The van der Waals surface area contributed by atoms with Crippen LogP contribution in [-0.4, -0.2) is 36.1 Å². The number of hydrogen-bond donors (Lipinski definition) is 1. The minimum Gasteiger partial charge on any atom is -0.494 e. The fraction of sp³-hybridized carbons (Fsp3) is 0.389. The number of pyridine rings is 1. The Morgan fingerprint density at radius 1 is 1.26 bits per heavy atom.